The molecular weight excluding hydrogens is 156 g/mol. The van der Waals surface area contributed by atoms with Gasteiger partial charge in [-0.25, -0.2) is 4.79 Å². The molecule has 4 nitrogen and oxygen atoms in total. The Bertz CT molecular complexity index is 219. The third kappa shape index (κ3) is 2.65. The Balaban J connectivity index is 4.72. The third-order valence-corrected chi connectivity index (χ3v) is 1.27. The van der Waals surface area contributed by atoms with Gasteiger partial charge in [0, 0.05) is 7.05 Å². The minimum absolute atomic E-state index is 0.274. The van der Waals surface area contributed by atoms with E-state index in [0.717, 1.165) is 0 Å². The number of likely N-dealkylation sites (N-methyl/N-ethyl adjacent to an activating group) is 1. The number of carbonyl (C=O) groups is 1. The molecule has 0 fully saturated rings. The highest BCUT2D eigenvalue weighted by molar-refractivity contribution is 5.88. The van der Waals surface area contributed by atoms with Crippen LogP contribution in [0.2, 0.25) is 0 Å². The van der Waals surface area contributed by atoms with Crippen molar-refractivity contribution < 1.29 is 9.53 Å². The average molecular weight is 170 g/mol. The molecule has 0 aliphatic rings. The quantitative estimate of drug-likeness (QED) is 0.359. The van der Waals surface area contributed by atoms with Crippen molar-refractivity contribution in [2.45, 2.75) is 6.92 Å². The van der Waals surface area contributed by atoms with E-state index in [0.29, 0.717) is 5.70 Å². The van der Waals surface area contributed by atoms with Crippen molar-refractivity contribution in [3.05, 3.63) is 23.5 Å². The van der Waals surface area contributed by atoms with Gasteiger partial charge in [0.2, 0.25) is 0 Å². The predicted molar refractivity (Wildman–Crippen MR) is 47.1 cm³/mol. The normalized spacial score (nSPS) is 12.6. The number of nitrogens with two attached hydrogens (primary N) is 1. The van der Waals surface area contributed by atoms with Crippen molar-refractivity contribution in [3.63, 3.8) is 0 Å². The van der Waals surface area contributed by atoms with Gasteiger partial charge < -0.3 is 15.8 Å². The molecule has 0 radical (unpaired) electrons. The Kier molecular flexibility index (Phi) is 4.60. The zero-order valence-corrected chi connectivity index (χ0v) is 7.55. The van der Waals surface area contributed by atoms with Gasteiger partial charge in [-0.2, -0.15) is 0 Å². The van der Waals surface area contributed by atoms with Crippen molar-refractivity contribution in [1.29, 1.82) is 0 Å². The van der Waals surface area contributed by atoms with Gasteiger partial charge in [-0.15, -0.1) is 0 Å². The van der Waals surface area contributed by atoms with Crippen LogP contribution in [0.5, 0.6) is 0 Å². The molecule has 12 heavy (non-hydrogen) atoms. The van der Waals surface area contributed by atoms with Crippen LogP contribution < -0.4 is 11.1 Å². The van der Waals surface area contributed by atoms with Gasteiger partial charge in [0.1, 0.15) is 5.70 Å². The standard InChI is InChI=1S/C8H14N2O2/c1-4-5-6(9)7(10-2)8(11)12-3/h4-5,10H,9H2,1-3H3/b5-4-,7-6+. The second-order valence-corrected chi connectivity index (χ2v) is 2.07. The van der Waals surface area contributed by atoms with Crippen LogP contribution in [0.15, 0.2) is 23.5 Å². The molecule has 0 aromatic rings. The first kappa shape index (κ1) is 10.6. The molecule has 68 valence electrons. The minimum Gasteiger partial charge on any atom is -0.464 e. The molecule has 0 spiro atoms. The van der Waals surface area contributed by atoms with E-state index in [9.17, 15) is 4.79 Å². The van der Waals surface area contributed by atoms with Crippen LogP contribution in [-0.4, -0.2) is 20.1 Å². The minimum atomic E-state index is -0.465. The fourth-order valence-electron chi connectivity index (χ4n) is 0.729. The van der Waals surface area contributed by atoms with Crippen LogP contribution in [0.4, 0.5) is 0 Å². The zero-order chi connectivity index (χ0) is 9.56. The van der Waals surface area contributed by atoms with Crippen LogP contribution in [0, 0.1) is 0 Å². The van der Waals surface area contributed by atoms with E-state index in [1.54, 1.807) is 19.2 Å². The van der Waals surface area contributed by atoms with E-state index >= 15 is 0 Å². The monoisotopic (exact) mass is 170 g/mol. The van der Waals surface area contributed by atoms with E-state index in [-0.39, 0.29) is 5.70 Å². The molecule has 0 unspecified atom stereocenters. The molecule has 0 saturated carbocycles. The molecule has 0 amide bonds. The van der Waals surface area contributed by atoms with Crippen molar-refractivity contribution in [2.75, 3.05) is 14.2 Å². The SMILES string of the molecule is C/C=C\C(N)=C(/NC)C(=O)OC. The van der Waals surface area contributed by atoms with Crippen molar-refractivity contribution in [3.8, 4) is 0 Å². The number of esters is 1. The Morgan fingerprint density at radius 3 is 2.50 bits per heavy atom. The topological polar surface area (TPSA) is 64.3 Å². The summed E-state index contributed by atoms with van der Waals surface area (Å²) in [5, 5.41) is 2.67. The molecule has 0 saturated heterocycles. The number of nitrogens with one attached hydrogen (secondary N) is 1. The lowest BCUT2D eigenvalue weighted by molar-refractivity contribution is -0.136. The lowest BCUT2D eigenvalue weighted by atomic mass is 10.3. The predicted octanol–water partition coefficient (Wildman–Crippen LogP) is 0.125. The number of rotatable bonds is 3. The van der Waals surface area contributed by atoms with Crippen LogP contribution in [0.25, 0.3) is 0 Å². The molecule has 0 aliphatic heterocycles. The molecule has 4 heteroatoms. The highest BCUT2D eigenvalue weighted by Gasteiger charge is 2.09. The summed E-state index contributed by atoms with van der Waals surface area (Å²) >= 11 is 0. The maximum absolute atomic E-state index is 11.0. The smallest absolute Gasteiger partial charge is 0.356 e. The first-order chi connectivity index (χ1) is 5.67. The Labute approximate surface area is 72.1 Å². The van der Waals surface area contributed by atoms with Crippen LogP contribution in [0.3, 0.4) is 0 Å². The molecule has 3 N–H and O–H groups in total. The number of methoxy groups -OCH3 is 1. The largest absolute Gasteiger partial charge is 0.464 e. The molecular formula is C8H14N2O2. The Morgan fingerprint density at radius 1 is 1.58 bits per heavy atom. The summed E-state index contributed by atoms with van der Waals surface area (Å²) < 4.78 is 4.50. The number of allylic oxidation sites excluding steroid dienone is 2. The first-order valence-corrected chi connectivity index (χ1v) is 3.55. The molecule has 0 heterocycles. The van der Waals surface area contributed by atoms with E-state index in [1.165, 1.54) is 7.11 Å². The van der Waals surface area contributed by atoms with Crippen molar-refractivity contribution in [2.24, 2.45) is 5.73 Å². The van der Waals surface area contributed by atoms with E-state index in [4.69, 9.17) is 5.73 Å². The molecule has 0 atom stereocenters. The molecule has 0 aromatic carbocycles. The van der Waals surface area contributed by atoms with Crippen LogP contribution >= 0.6 is 0 Å². The van der Waals surface area contributed by atoms with Gasteiger partial charge in [0.25, 0.3) is 0 Å². The fraction of sp³-hybridized carbons (Fsp3) is 0.375. The third-order valence-electron chi connectivity index (χ3n) is 1.27. The lowest BCUT2D eigenvalue weighted by Crippen LogP contribution is -2.22. The molecule has 0 aromatic heterocycles. The summed E-state index contributed by atoms with van der Waals surface area (Å²) in [5.41, 5.74) is 6.19. The zero-order valence-electron chi connectivity index (χ0n) is 7.55. The number of carbonyl (C=O) groups excluding carboxylic acids is 1. The maximum atomic E-state index is 11.0. The van der Waals surface area contributed by atoms with Crippen LogP contribution in [0.1, 0.15) is 6.92 Å². The van der Waals surface area contributed by atoms with Crippen molar-refractivity contribution >= 4 is 5.97 Å². The molecule has 0 rings (SSSR count). The van der Waals surface area contributed by atoms with Gasteiger partial charge in [-0.05, 0) is 13.0 Å². The van der Waals surface area contributed by atoms with Gasteiger partial charge >= 0.3 is 5.97 Å². The molecule has 0 bridgehead atoms. The summed E-state index contributed by atoms with van der Waals surface area (Å²) in [5.74, 6) is -0.465. The van der Waals surface area contributed by atoms with Gasteiger partial charge in [0.05, 0.1) is 12.8 Å². The maximum Gasteiger partial charge on any atom is 0.356 e. The summed E-state index contributed by atoms with van der Waals surface area (Å²) in [4.78, 5) is 11.0. The number of ether oxygens (including phenoxy) is 1. The van der Waals surface area contributed by atoms with Gasteiger partial charge in [-0.1, -0.05) is 6.08 Å². The van der Waals surface area contributed by atoms with Gasteiger partial charge in [0.15, 0.2) is 0 Å². The second-order valence-electron chi connectivity index (χ2n) is 2.07. The Morgan fingerprint density at radius 2 is 2.17 bits per heavy atom. The first-order valence-electron chi connectivity index (χ1n) is 3.55. The average Bonchev–Trinajstić information content (AvgIpc) is 2.06. The summed E-state index contributed by atoms with van der Waals surface area (Å²) in [6.07, 6.45) is 3.37. The highest BCUT2D eigenvalue weighted by Crippen LogP contribution is 1.98. The van der Waals surface area contributed by atoms with E-state index in [2.05, 4.69) is 10.1 Å². The van der Waals surface area contributed by atoms with Crippen LogP contribution in [-0.2, 0) is 9.53 Å². The summed E-state index contributed by atoms with van der Waals surface area (Å²) in [7, 11) is 2.92. The van der Waals surface area contributed by atoms with E-state index in [1.807, 2.05) is 6.92 Å². The highest BCUT2D eigenvalue weighted by atomic mass is 16.5. The Hall–Kier alpha value is -1.45. The summed E-state index contributed by atoms with van der Waals surface area (Å²) in [6, 6.07) is 0. The van der Waals surface area contributed by atoms with E-state index < -0.39 is 5.97 Å². The fourth-order valence-corrected chi connectivity index (χ4v) is 0.729. The number of hydrogen-bond acceptors (Lipinski definition) is 4. The van der Waals surface area contributed by atoms with Gasteiger partial charge in [-0.3, -0.25) is 0 Å². The van der Waals surface area contributed by atoms with Crippen molar-refractivity contribution in [1.82, 2.24) is 5.32 Å². The lowest BCUT2D eigenvalue weighted by Gasteiger charge is -2.05. The second kappa shape index (κ2) is 5.23. The molecule has 0 aliphatic carbocycles. The summed E-state index contributed by atoms with van der Waals surface area (Å²) in [6.45, 7) is 1.82. The number of hydrogen-bond donors (Lipinski definition) is 2.